The van der Waals surface area contributed by atoms with Gasteiger partial charge in [-0.2, -0.15) is 0 Å². The van der Waals surface area contributed by atoms with Crippen molar-refractivity contribution in [2.24, 2.45) is 11.3 Å². The second kappa shape index (κ2) is 2.92. The first-order chi connectivity index (χ1) is 5.47. The van der Waals surface area contributed by atoms with E-state index in [0.29, 0.717) is 0 Å². The van der Waals surface area contributed by atoms with Gasteiger partial charge in [-0.15, -0.1) is 0 Å². The number of esters is 1. The van der Waals surface area contributed by atoms with Crippen LogP contribution in [-0.2, 0) is 9.53 Å². The number of carbonyl (C=O) groups excluding carboxylic acids is 1. The van der Waals surface area contributed by atoms with Crippen LogP contribution in [0.2, 0.25) is 0 Å². The first-order valence-corrected chi connectivity index (χ1v) is 4.23. The second-order valence-corrected chi connectivity index (χ2v) is 4.09. The van der Waals surface area contributed by atoms with E-state index in [1.54, 1.807) is 0 Å². The van der Waals surface area contributed by atoms with E-state index in [1.807, 2.05) is 0 Å². The number of carbonyl (C=O) groups is 1. The monoisotopic (exact) mass is 168 g/mol. The van der Waals surface area contributed by atoms with Gasteiger partial charge >= 0.3 is 5.97 Å². The van der Waals surface area contributed by atoms with Crippen LogP contribution in [0, 0.1) is 11.3 Å². The Balaban J connectivity index is 2.79. The van der Waals surface area contributed by atoms with E-state index >= 15 is 0 Å². The Bertz CT molecular complexity index is 226. The molecule has 0 saturated heterocycles. The van der Waals surface area contributed by atoms with Crippen LogP contribution >= 0.6 is 0 Å². The molecule has 0 N–H and O–H groups in total. The van der Waals surface area contributed by atoms with Crippen molar-refractivity contribution < 1.29 is 9.53 Å². The molecule has 0 spiro atoms. The maximum Gasteiger partial charge on any atom is 0.309 e. The van der Waals surface area contributed by atoms with Crippen molar-refractivity contribution in [3.8, 4) is 0 Å². The zero-order valence-corrected chi connectivity index (χ0v) is 8.18. The molecule has 1 aliphatic carbocycles. The van der Waals surface area contributed by atoms with E-state index in [0.717, 1.165) is 6.42 Å². The SMILES string of the molecule is COC(=O)C1CC(C)=CC1(C)C. The molecule has 2 nitrogen and oxygen atoms in total. The summed E-state index contributed by atoms with van der Waals surface area (Å²) in [6.07, 6.45) is 3.01. The van der Waals surface area contributed by atoms with Gasteiger partial charge in [-0.3, -0.25) is 4.79 Å². The summed E-state index contributed by atoms with van der Waals surface area (Å²) in [6, 6.07) is 0. The summed E-state index contributed by atoms with van der Waals surface area (Å²) >= 11 is 0. The Morgan fingerprint density at radius 2 is 2.25 bits per heavy atom. The van der Waals surface area contributed by atoms with Gasteiger partial charge in [0.05, 0.1) is 13.0 Å². The Kier molecular flexibility index (Phi) is 2.27. The molecule has 1 unspecified atom stereocenters. The number of methoxy groups -OCH3 is 1. The van der Waals surface area contributed by atoms with Gasteiger partial charge < -0.3 is 4.74 Å². The van der Waals surface area contributed by atoms with Crippen molar-refractivity contribution in [2.45, 2.75) is 27.2 Å². The first kappa shape index (κ1) is 9.30. The number of rotatable bonds is 1. The Morgan fingerprint density at radius 1 is 1.67 bits per heavy atom. The summed E-state index contributed by atoms with van der Waals surface area (Å²) in [5.74, 6) is -0.0735. The molecule has 0 aromatic rings. The number of allylic oxidation sites excluding steroid dienone is 2. The van der Waals surface area contributed by atoms with Gasteiger partial charge in [-0.1, -0.05) is 25.5 Å². The summed E-state index contributed by atoms with van der Waals surface area (Å²) in [6.45, 7) is 6.21. The molecule has 1 rings (SSSR count). The van der Waals surface area contributed by atoms with Crippen LogP contribution in [0.15, 0.2) is 11.6 Å². The maximum atomic E-state index is 11.3. The van der Waals surface area contributed by atoms with Crippen LogP contribution in [0.3, 0.4) is 0 Å². The van der Waals surface area contributed by atoms with E-state index in [4.69, 9.17) is 4.74 Å². The van der Waals surface area contributed by atoms with Gasteiger partial charge in [0.15, 0.2) is 0 Å². The van der Waals surface area contributed by atoms with Crippen LogP contribution < -0.4 is 0 Å². The van der Waals surface area contributed by atoms with Gasteiger partial charge in [0.25, 0.3) is 0 Å². The minimum Gasteiger partial charge on any atom is -0.469 e. The molecule has 0 aromatic heterocycles. The average Bonchev–Trinajstić information content (AvgIpc) is 2.23. The molecule has 0 aromatic carbocycles. The lowest BCUT2D eigenvalue weighted by Gasteiger charge is -2.23. The molecule has 1 aliphatic rings. The zero-order chi connectivity index (χ0) is 9.35. The molecule has 0 saturated carbocycles. The van der Waals surface area contributed by atoms with Gasteiger partial charge in [0, 0.05) is 0 Å². The zero-order valence-electron chi connectivity index (χ0n) is 8.18. The van der Waals surface area contributed by atoms with Crippen molar-refractivity contribution in [3.05, 3.63) is 11.6 Å². The summed E-state index contributed by atoms with van der Waals surface area (Å²) < 4.78 is 4.75. The van der Waals surface area contributed by atoms with Crippen LogP contribution in [-0.4, -0.2) is 13.1 Å². The highest BCUT2D eigenvalue weighted by Gasteiger charge is 2.38. The third kappa shape index (κ3) is 1.52. The highest BCUT2D eigenvalue weighted by atomic mass is 16.5. The standard InChI is InChI=1S/C10H16O2/c1-7-5-8(9(11)12-4)10(2,3)6-7/h6,8H,5H2,1-4H3. The van der Waals surface area contributed by atoms with Crippen LogP contribution in [0.5, 0.6) is 0 Å². The van der Waals surface area contributed by atoms with Crippen LogP contribution in [0.4, 0.5) is 0 Å². The molecule has 0 amide bonds. The summed E-state index contributed by atoms with van der Waals surface area (Å²) in [7, 11) is 1.45. The van der Waals surface area contributed by atoms with E-state index in [-0.39, 0.29) is 17.3 Å². The average molecular weight is 168 g/mol. The Labute approximate surface area is 73.6 Å². The predicted octanol–water partition coefficient (Wildman–Crippen LogP) is 2.15. The van der Waals surface area contributed by atoms with Crippen LogP contribution in [0.25, 0.3) is 0 Å². The third-order valence-electron chi connectivity index (χ3n) is 2.53. The molecular weight excluding hydrogens is 152 g/mol. The third-order valence-corrected chi connectivity index (χ3v) is 2.53. The smallest absolute Gasteiger partial charge is 0.309 e. The molecule has 0 heterocycles. The molecule has 1 atom stereocenters. The van der Waals surface area contributed by atoms with Gasteiger partial charge in [-0.25, -0.2) is 0 Å². The Hall–Kier alpha value is -0.790. The molecule has 0 bridgehead atoms. The van der Waals surface area contributed by atoms with Gasteiger partial charge in [-0.05, 0) is 18.8 Å². The predicted molar refractivity (Wildman–Crippen MR) is 47.7 cm³/mol. The molecular formula is C10H16O2. The van der Waals surface area contributed by atoms with Crippen LogP contribution in [0.1, 0.15) is 27.2 Å². The molecule has 0 radical (unpaired) electrons. The summed E-state index contributed by atoms with van der Waals surface area (Å²) in [4.78, 5) is 11.3. The quantitative estimate of drug-likeness (QED) is 0.443. The minimum atomic E-state index is -0.0897. The first-order valence-electron chi connectivity index (χ1n) is 4.23. The highest BCUT2D eigenvalue weighted by Crippen LogP contribution is 2.41. The van der Waals surface area contributed by atoms with Crippen molar-refractivity contribution in [2.75, 3.05) is 7.11 Å². The van der Waals surface area contributed by atoms with E-state index in [1.165, 1.54) is 12.7 Å². The Morgan fingerprint density at radius 3 is 2.58 bits per heavy atom. The van der Waals surface area contributed by atoms with E-state index in [9.17, 15) is 4.79 Å². The van der Waals surface area contributed by atoms with Crippen molar-refractivity contribution in [1.82, 2.24) is 0 Å². The lowest BCUT2D eigenvalue weighted by Crippen LogP contribution is -2.26. The van der Waals surface area contributed by atoms with Crippen molar-refractivity contribution >= 4 is 5.97 Å². The molecule has 0 aliphatic heterocycles. The number of ether oxygens (including phenoxy) is 1. The normalized spacial score (nSPS) is 26.7. The lowest BCUT2D eigenvalue weighted by atomic mass is 9.82. The lowest BCUT2D eigenvalue weighted by molar-refractivity contribution is -0.147. The van der Waals surface area contributed by atoms with Gasteiger partial charge in [0.2, 0.25) is 0 Å². The minimum absolute atomic E-state index is 0.0162. The number of hydrogen-bond donors (Lipinski definition) is 0. The fraction of sp³-hybridized carbons (Fsp3) is 0.700. The van der Waals surface area contributed by atoms with E-state index < -0.39 is 0 Å². The fourth-order valence-electron chi connectivity index (χ4n) is 1.91. The topological polar surface area (TPSA) is 26.3 Å². The van der Waals surface area contributed by atoms with Gasteiger partial charge in [0.1, 0.15) is 0 Å². The molecule has 2 heteroatoms. The highest BCUT2D eigenvalue weighted by molar-refractivity contribution is 5.74. The van der Waals surface area contributed by atoms with Crippen molar-refractivity contribution in [3.63, 3.8) is 0 Å². The fourth-order valence-corrected chi connectivity index (χ4v) is 1.91. The molecule has 0 fully saturated rings. The maximum absolute atomic E-state index is 11.3. The van der Waals surface area contributed by atoms with Crippen molar-refractivity contribution in [1.29, 1.82) is 0 Å². The summed E-state index contributed by atoms with van der Waals surface area (Å²) in [5, 5.41) is 0. The second-order valence-electron chi connectivity index (χ2n) is 4.09. The molecule has 12 heavy (non-hydrogen) atoms. The van der Waals surface area contributed by atoms with E-state index in [2.05, 4.69) is 26.8 Å². The summed E-state index contributed by atoms with van der Waals surface area (Å²) in [5.41, 5.74) is 1.26. The number of hydrogen-bond acceptors (Lipinski definition) is 2. The molecule has 68 valence electrons. The largest absolute Gasteiger partial charge is 0.469 e.